The van der Waals surface area contributed by atoms with Crippen molar-refractivity contribution in [2.75, 3.05) is 6.61 Å². The van der Waals surface area contributed by atoms with Crippen LogP contribution in [0.15, 0.2) is 97.1 Å². The Morgan fingerprint density at radius 1 is 0.946 bits per heavy atom. The molecule has 5 aromatic rings. The molecule has 0 spiro atoms. The van der Waals surface area contributed by atoms with E-state index < -0.39 is 0 Å². The van der Waals surface area contributed by atoms with Crippen molar-refractivity contribution in [3.8, 4) is 22.7 Å². The second-order valence-electron chi connectivity index (χ2n) is 9.19. The summed E-state index contributed by atoms with van der Waals surface area (Å²) in [6, 6.07) is 32.2. The van der Waals surface area contributed by atoms with E-state index in [1.807, 2.05) is 91.3 Å². The highest BCUT2D eigenvalue weighted by Gasteiger charge is 2.18. The van der Waals surface area contributed by atoms with Gasteiger partial charge >= 0.3 is 0 Å². The molecule has 1 N–H and O–H groups in total. The Bertz CT molecular complexity index is 1480. The second kappa shape index (κ2) is 11.1. The van der Waals surface area contributed by atoms with Gasteiger partial charge in [-0.1, -0.05) is 78.9 Å². The SMILES string of the molecule is Cc1nn(-c2ccccc2)c2nc(OCC(=O)NC(C)CCc3ccccc3)cc(-c3ccccc3)c12. The number of hydrogen-bond donors (Lipinski definition) is 1. The van der Waals surface area contributed by atoms with Gasteiger partial charge in [0, 0.05) is 12.1 Å². The zero-order chi connectivity index (χ0) is 25.6. The summed E-state index contributed by atoms with van der Waals surface area (Å²) in [6.07, 6.45) is 1.76. The molecule has 2 heterocycles. The predicted octanol–water partition coefficient (Wildman–Crippen LogP) is 5.91. The Balaban J connectivity index is 1.37. The lowest BCUT2D eigenvalue weighted by atomic mass is 10.0. The van der Waals surface area contributed by atoms with Crippen molar-refractivity contribution in [2.45, 2.75) is 32.7 Å². The van der Waals surface area contributed by atoms with Crippen LogP contribution in [-0.4, -0.2) is 33.3 Å². The Labute approximate surface area is 216 Å². The lowest BCUT2D eigenvalue weighted by molar-refractivity contribution is -0.123. The maximum Gasteiger partial charge on any atom is 0.258 e. The van der Waals surface area contributed by atoms with Crippen molar-refractivity contribution >= 4 is 16.9 Å². The predicted molar refractivity (Wildman–Crippen MR) is 147 cm³/mol. The number of pyridine rings is 1. The number of aryl methyl sites for hydroxylation is 2. The number of carbonyl (C=O) groups excluding carboxylic acids is 1. The standard InChI is InChI=1S/C31H30N4O2/c1-22(18-19-24-12-6-3-7-13-24)32-28(36)21-37-29-20-27(25-14-8-4-9-15-25)30-23(2)34-35(31(30)33-29)26-16-10-5-11-17-26/h3-17,20,22H,18-19,21H2,1-2H3,(H,32,36). The van der Waals surface area contributed by atoms with Crippen LogP contribution < -0.4 is 10.1 Å². The van der Waals surface area contributed by atoms with Crippen LogP contribution in [0.2, 0.25) is 0 Å². The number of hydrogen-bond acceptors (Lipinski definition) is 4. The van der Waals surface area contributed by atoms with Crippen molar-refractivity contribution in [1.82, 2.24) is 20.1 Å². The molecule has 6 nitrogen and oxygen atoms in total. The highest BCUT2D eigenvalue weighted by atomic mass is 16.5. The van der Waals surface area contributed by atoms with Crippen LogP contribution in [0.4, 0.5) is 0 Å². The van der Waals surface area contributed by atoms with Crippen LogP contribution in [0.25, 0.3) is 27.8 Å². The second-order valence-corrected chi connectivity index (χ2v) is 9.19. The first-order chi connectivity index (χ1) is 18.1. The van der Waals surface area contributed by atoms with Crippen LogP contribution in [0.5, 0.6) is 5.88 Å². The number of nitrogens with one attached hydrogen (secondary N) is 1. The molecule has 37 heavy (non-hydrogen) atoms. The van der Waals surface area contributed by atoms with Crippen molar-refractivity contribution < 1.29 is 9.53 Å². The number of rotatable bonds is 9. The fourth-order valence-electron chi connectivity index (χ4n) is 4.49. The van der Waals surface area contributed by atoms with Gasteiger partial charge < -0.3 is 10.1 Å². The van der Waals surface area contributed by atoms with E-state index in [-0.39, 0.29) is 18.6 Å². The molecule has 2 aromatic heterocycles. The van der Waals surface area contributed by atoms with Gasteiger partial charge in [-0.3, -0.25) is 4.79 Å². The number of para-hydroxylation sites is 1. The number of fused-ring (bicyclic) bond motifs is 1. The maximum atomic E-state index is 12.7. The number of ether oxygens (including phenoxy) is 1. The zero-order valence-electron chi connectivity index (χ0n) is 21.1. The van der Waals surface area contributed by atoms with Gasteiger partial charge in [0.05, 0.1) is 16.8 Å². The van der Waals surface area contributed by atoms with Crippen LogP contribution in [0, 0.1) is 6.92 Å². The van der Waals surface area contributed by atoms with E-state index >= 15 is 0 Å². The van der Waals surface area contributed by atoms with Gasteiger partial charge in [-0.05, 0) is 55.5 Å². The molecule has 1 atom stereocenters. The highest BCUT2D eigenvalue weighted by Crippen LogP contribution is 2.34. The minimum atomic E-state index is -0.170. The summed E-state index contributed by atoms with van der Waals surface area (Å²) in [4.78, 5) is 17.5. The number of carbonyl (C=O) groups is 1. The molecule has 186 valence electrons. The number of benzene rings is 3. The Kier molecular flexibility index (Phi) is 7.26. The highest BCUT2D eigenvalue weighted by molar-refractivity contribution is 5.96. The Morgan fingerprint density at radius 2 is 1.59 bits per heavy atom. The van der Waals surface area contributed by atoms with Crippen molar-refractivity contribution in [3.63, 3.8) is 0 Å². The first-order valence-electron chi connectivity index (χ1n) is 12.6. The molecule has 6 heteroatoms. The van der Waals surface area contributed by atoms with E-state index in [1.54, 1.807) is 0 Å². The molecule has 0 saturated heterocycles. The third kappa shape index (κ3) is 5.70. The summed E-state index contributed by atoms with van der Waals surface area (Å²) >= 11 is 0. The lowest BCUT2D eigenvalue weighted by Crippen LogP contribution is -2.36. The van der Waals surface area contributed by atoms with Crippen LogP contribution in [0.3, 0.4) is 0 Å². The van der Waals surface area contributed by atoms with Crippen LogP contribution in [0.1, 0.15) is 24.6 Å². The molecule has 0 aliphatic heterocycles. The fraction of sp³-hybridized carbons (Fsp3) is 0.194. The molecule has 0 fully saturated rings. The number of aromatic nitrogens is 3. The summed E-state index contributed by atoms with van der Waals surface area (Å²) in [7, 11) is 0. The molecule has 3 aromatic carbocycles. The summed E-state index contributed by atoms with van der Waals surface area (Å²) in [6.45, 7) is 3.89. The zero-order valence-corrected chi connectivity index (χ0v) is 21.1. The summed E-state index contributed by atoms with van der Waals surface area (Å²) in [5, 5.41) is 8.78. The average molecular weight is 491 g/mol. The molecule has 0 radical (unpaired) electrons. The van der Waals surface area contributed by atoms with E-state index in [4.69, 9.17) is 14.8 Å². The maximum absolute atomic E-state index is 12.7. The first-order valence-corrected chi connectivity index (χ1v) is 12.6. The topological polar surface area (TPSA) is 69.0 Å². The third-order valence-electron chi connectivity index (χ3n) is 6.34. The van der Waals surface area contributed by atoms with E-state index in [0.29, 0.717) is 11.5 Å². The first kappa shape index (κ1) is 24.3. The minimum absolute atomic E-state index is 0.0359. The van der Waals surface area contributed by atoms with Gasteiger partial charge in [-0.25, -0.2) is 4.68 Å². The van der Waals surface area contributed by atoms with Crippen LogP contribution in [-0.2, 0) is 11.2 Å². The molecule has 0 aliphatic rings. The largest absolute Gasteiger partial charge is 0.467 e. The average Bonchev–Trinajstić information content (AvgIpc) is 3.28. The fourth-order valence-corrected chi connectivity index (χ4v) is 4.49. The molecular formula is C31H30N4O2. The number of nitrogens with zero attached hydrogens (tertiary/aromatic N) is 3. The van der Waals surface area contributed by atoms with Gasteiger partial charge in [-0.2, -0.15) is 10.1 Å². The number of amides is 1. The Hall–Kier alpha value is -4.45. The molecule has 1 unspecified atom stereocenters. The van der Waals surface area contributed by atoms with Crippen molar-refractivity contribution in [3.05, 3.63) is 108 Å². The van der Waals surface area contributed by atoms with Gasteiger partial charge in [0.2, 0.25) is 5.88 Å². The van der Waals surface area contributed by atoms with Gasteiger partial charge in [0.25, 0.3) is 5.91 Å². The molecular weight excluding hydrogens is 460 g/mol. The summed E-state index contributed by atoms with van der Waals surface area (Å²) in [5.74, 6) is 0.215. The summed E-state index contributed by atoms with van der Waals surface area (Å²) < 4.78 is 7.77. The smallest absolute Gasteiger partial charge is 0.258 e. The van der Waals surface area contributed by atoms with Crippen LogP contribution >= 0.6 is 0 Å². The van der Waals surface area contributed by atoms with Gasteiger partial charge in [0.1, 0.15) is 0 Å². The monoisotopic (exact) mass is 490 g/mol. The van der Waals surface area contributed by atoms with E-state index in [1.165, 1.54) is 5.56 Å². The summed E-state index contributed by atoms with van der Waals surface area (Å²) in [5.41, 5.74) is 5.75. The van der Waals surface area contributed by atoms with Crippen molar-refractivity contribution in [1.29, 1.82) is 0 Å². The Morgan fingerprint density at radius 3 is 2.30 bits per heavy atom. The normalized spacial score (nSPS) is 11.8. The van der Waals surface area contributed by atoms with Crippen molar-refractivity contribution in [2.24, 2.45) is 0 Å². The molecule has 1 amide bonds. The third-order valence-corrected chi connectivity index (χ3v) is 6.34. The van der Waals surface area contributed by atoms with E-state index in [2.05, 4.69) is 29.6 Å². The van der Waals surface area contributed by atoms with Gasteiger partial charge in [-0.15, -0.1) is 0 Å². The molecule has 0 bridgehead atoms. The molecule has 0 saturated carbocycles. The van der Waals surface area contributed by atoms with E-state index in [0.717, 1.165) is 40.7 Å². The molecule has 0 aliphatic carbocycles. The quantitative estimate of drug-likeness (QED) is 0.279. The lowest BCUT2D eigenvalue weighted by Gasteiger charge is -2.15. The minimum Gasteiger partial charge on any atom is -0.467 e. The van der Waals surface area contributed by atoms with Gasteiger partial charge in [0.15, 0.2) is 12.3 Å². The van der Waals surface area contributed by atoms with E-state index in [9.17, 15) is 4.79 Å². The molecule has 5 rings (SSSR count).